The summed E-state index contributed by atoms with van der Waals surface area (Å²) in [5, 5.41) is 0. The number of aromatic nitrogens is 1. The van der Waals surface area contributed by atoms with Crippen LogP contribution in [0.15, 0.2) is 28.7 Å². The van der Waals surface area contributed by atoms with E-state index < -0.39 is 5.97 Å². The highest BCUT2D eigenvalue weighted by molar-refractivity contribution is 5.87. The van der Waals surface area contributed by atoms with Crippen LogP contribution in [0.4, 0.5) is 0 Å². The number of aryl methyl sites for hydroxylation is 1. The predicted octanol–water partition coefficient (Wildman–Crippen LogP) is 3.23. The third-order valence-electron chi connectivity index (χ3n) is 2.67. The average Bonchev–Trinajstić information content (AvgIpc) is 2.82. The second kappa shape index (κ2) is 6.23. The number of hydrogen-bond acceptors (Lipinski definition) is 5. The van der Waals surface area contributed by atoms with Crippen molar-refractivity contribution in [2.75, 3.05) is 13.2 Å². The number of nitrogens with zero attached hydrogens (tertiary/aromatic N) is 1. The zero-order chi connectivity index (χ0) is 14.5. The zero-order valence-corrected chi connectivity index (χ0v) is 11.8. The van der Waals surface area contributed by atoms with Gasteiger partial charge in [0.15, 0.2) is 0 Å². The highest BCUT2D eigenvalue weighted by atomic mass is 16.5. The van der Waals surface area contributed by atoms with E-state index in [1.807, 2.05) is 31.2 Å². The number of esters is 1. The van der Waals surface area contributed by atoms with Gasteiger partial charge in [0.05, 0.1) is 18.9 Å². The van der Waals surface area contributed by atoms with Gasteiger partial charge in [-0.2, -0.15) is 0 Å². The molecule has 0 spiro atoms. The summed E-state index contributed by atoms with van der Waals surface area (Å²) in [6.07, 6.45) is 0. The van der Waals surface area contributed by atoms with Crippen molar-refractivity contribution in [2.24, 2.45) is 0 Å². The standard InChI is InChI=1S/C15H17NO4/c1-4-18-12-8-6-11(7-9-12)14-16-10(3)13(20-14)15(17)19-5-2/h6-9H,4-5H2,1-3H3. The first kappa shape index (κ1) is 14.1. The molecule has 0 amide bonds. The van der Waals surface area contributed by atoms with Crippen LogP contribution in [0.1, 0.15) is 30.1 Å². The molecule has 1 aromatic heterocycles. The van der Waals surface area contributed by atoms with Crippen LogP contribution in [0.25, 0.3) is 11.5 Å². The normalized spacial score (nSPS) is 10.3. The Morgan fingerprint density at radius 2 is 1.90 bits per heavy atom. The molecular formula is C15H17NO4. The molecule has 5 nitrogen and oxygen atoms in total. The summed E-state index contributed by atoms with van der Waals surface area (Å²) in [6.45, 7) is 6.31. The Hall–Kier alpha value is -2.30. The van der Waals surface area contributed by atoms with E-state index in [1.165, 1.54) is 0 Å². The van der Waals surface area contributed by atoms with Crippen LogP contribution in [0.2, 0.25) is 0 Å². The Morgan fingerprint density at radius 1 is 1.20 bits per heavy atom. The van der Waals surface area contributed by atoms with E-state index in [4.69, 9.17) is 13.9 Å². The molecule has 20 heavy (non-hydrogen) atoms. The molecule has 0 radical (unpaired) electrons. The molecule has 0 N–H and O–H groups in total. The van der Waals surface area contributed by atoms with Crippen molar-refractivity contribution in [3.05, 3.63) is 35.7 Å². The quantitative estimate of drug-likeness (QED) is 0.784. The van der Waals surface area contributed by atoms with Gasteiger partial charge in [0.1, 0.15) is 5.75 Å². The smallest absolute Gasteiger partial charge is 0.376 e. The van der Waals surface area contributed by atoms with Gasteiger partial charge < -0.3 is 13.9 Å². The maximum atomic E-state index is 11.7. The van der Waals surface area contributed by atoms with Crippen molar-refractivity contribution >= 4 is 5.97 Å². The van der Waals surface area contributed by atoms with Crippen molar-refractivity contribution in [1.82, 2.24) is 4.98 Å². The number of ether oxygens (including phenoxy) is 2. The zero-order valence-electron chi connectivity index (χ0n) is 11.8. The second-order valence-electron chi connectivity index (χ2n) is 4.11. The Labute approximate surface area is 117 Å². The van der Waals surface area contributed by atoms with Gasteiger partial charge in [0.2, 0.25) is 11.7 Å². The lowest BCUT2D eigenvalue weighted by Crippen LogP contribution is -2.04. The largest absolute Gasteiger partial charge is 0.494 e. The molecule has 0 aliphatic heterocycles. The van der Waals surface area contributed by atoms with Crippen molar-refractivity contribution in [2.45, 2.75) is 20.8 Å². The minimum atomic E-state index is -0.491. The van der Waals surface area contributed by atoms with Crippen molar-refractivity contribution < 1.29 is 18.7 Å². The first-order chi connectivity index (χ1) is 9.65. The summed E-state index contributed by atoms with van der Waals surface area (Å²) in [7, 11) is 0. The molecular weight excluding hydrogens is 258 g/mol. The first-order valence-electron chi connectivity index (χ1n) is 6.53. The number of carbonyl (C=O) groups is 1. The van der Waals surface area contributed by atoms with E-state index >= 15 is 0 Å². The van der Waals surface area contributed by atoms with Gasteiger partial charge >= 0.3 is 5.97 Å². The van der Waals surface area contributed by atoms with Crippen molar-refractivity contribution in [3.63, 3.8) is 0 Å². The lowest BCUT2D eigenvalue weighted by molar-refractivity contribution is 0.0490. The lowest BCUT2D eigenvalue weighted by Gasteiger charge is -2.02. The molecule has 0 bridgehead atoms. The fourth-order valence-corrected chi connectivity index (χ4v) is 1.77. The van der Waals surface area contributed by atoms with E-state index in [0.717, 1.165) is 11.3 Å². The summed E-state index contributed by atoms with van der Waals surface area (Å²) in [6, 6.07) is 7.35. The van der Waals surface area contributed by atoms with Crippen LogP contribution >= 0.6 is 0 Å². The topological polar surface area (TPSA) is 61.6 Å². The molecule has 0 fully saturated rings. The third kappa shape index (κ3) is 2.99. The third-order valence-corrected chi connectivity index (χ3v) is 2.67. The molecule has 0 aliphatic carbocycles. The molecule has 1 aromatic carbocycles. The predicted molar refractivity (Wildman–Crippen MR) is 73.8 cm³/mol. The molecule has 2 rings (SSSR count). The van der Waals surface area contributed by atoms with E-state index in [9.17, 15) is 4.79 Å². The van der Waals surface area contributed by atoms with Gasteiger partial charge in [-0.25, -0.2) is 9.78 Å². The molecule has 106 valence electrons. The Morgan fingerprint density at radius 3 is 2.50 bits per heavy atom. The SMILES string of the molecule is CCOC(=O)c1oc(-c2ccc(OCC)cc2)nc1C. The molecule has 0 aliphatic rings. The Balaban J connectivity index is 2.25. The van der Waals surface area contributed by atoms with E-state index in [0.29, 0.717) is 24.8 Å². The molecule has 0 saturated heterocycles. The van der Waals surface area contributed by atoms with Crippen LogP contribution in [0, 0.1) is 6.92 Å². The summed E-state index contributed by atoms with van der Waals surface area (Å²) in [5.41, 5.74) is 1.31. The summed E-state index contributed by atoms with van der Waals surface area (Å²) in [4.78, 5) is 15.9. The number of hydrogen-bond donors (Lipinski definition) is 0. The van der Waals surface area contributed by atoms with E-state index in [2.05, 4.69) is 4.98 Å². The highest BCUT2D eigenvalue weighted by Gasteiger charge is 2.19. The Bertz CT molecular complexity index is 586. The number of benzene rings is 1. The number of oxazole rings is 1. The molecule has 2 aromatic rings. The molecule has 0 saturated carbocycles. The molecule has 0 atom stereocenters. The van der Waals surface area contributed by atoms with Gasteiger partial charge in [-0.3, -0.25) is 0 Å². The second-order valence-corrected chi connectivity index (χ2v) is 4.11. The van der Waals surface area contributed by atoms with Crippen LogP contribution in [0.3, 0.4) is 0 Å². The average molecular weight is 275 g/mol. The summed E-state index contributed by atoms with van der Waals surface area (Å²) >= 11 is 0. The minimum absolute atomic E-state index is 0.149. The minimum Gasteiger partial charge on any atom is -0.494 e. The fraction of sp³-hybridized carbons (Fsp3) is 0.333. The number of carbonyl (C=O) groups excluding carboxylic acids is 1. The van der Waals surface area contributed by atoms with Gasteiger partial charge in [-0.05, 0) is 45.0 Å². The Kier molecular flexibility index (Phi) is 4.40. The van der Waals surface area contributed by atoms with Gasteiger partial charge in [-0.1, -0.05) is 0 Å². The monoisotopic (exact) mass is 275 g/mol. The van der Waals surface area contributed by atoms with E-state index in [1.54, 1.807) is 13.8 Å². The van der Waals surface area contributed by atoms with Crippen molar-refractivity contribution in [3.8, 4) is 17.2 Å². The van der Waals surface area contributed by atoms with Crippen LogP contribution < -0.4 is 4.74 Å². The number of rotatable bonds is 5. The van der Waals surface area contributed by atoms with Crippen LogP contribution in [-0.2, 0) is 4.74 Å². The van der Waals surface area contributed by atoms with Gasteiger partial charge in [0, 0.05) is 5.56 Å². The molecule has 1 heterocycles. The van der Waals surface area contributed by atoms with Crippen LogP contribution in [0.5, 0.6) is 5.75 Å². The fourth-order valence-electron chi connectivity index (χ4n) is 1.77. The molecule has 0 unspecified atom stereocenters. The van der Waals surface area contributed by atoms with Gasteiger partial charge in [0.25, 0.3) is 0 Å². The van der Waals surface area contributed by atoms with E-state index in [-0.39, 0.29) is 5.76 Å². The lowest BCUT2D eigenvalue weighted by atomic mass is 10.2. The summed E-state index contributed by atoms with van der Waals surface area (Å²) < 4.78 is 15.8. The summed E-state index contributed by atoms with van der Waals surface area (Å²) in [5.74, 6) is 0.837. The molecule has 5 heteroatoms. The maximum Gasteiger partial charge on any atom is 0.376 e. The maximum absolute atomic E-state index is 11.7. The highest BCUT2D eigenvalue weighted by Crippen LogP contribution is 2.24. The van der Waals surface area contributed by atoms with Crippen LogP contribution in [-0.4, -0.2) is 24.2 Å². The van der Waals surface area contributed by atoms with Gasteiger partial charge in [-0.15, -0.1) is 0 Å². The first-order valence-corrected chi connectivity index (χ1v) is 6.53. The van der Waals surface area contributed by atoms with Crippen molar-refractivity contribution in [1.29, 1.82) is 0 Å².